The largest absolute Gasteiger partial charge is 0.361 e. The van der Waals surface area contributed by atoms with E-state index in [2.05, 4.69) is 54.2 Å². The Morgan fingerprint density at radius 3 is 1.75 bits per heavy atom. The molecule has 0 aliphatic rings. The molecule has 0 aromatic carbocycles. The highest BCUT2D eigenvalue weighted by atomic mass is 32.1. The fraction of sp³-hybridized carbons (Fsp3) is 0.778. The summed E-state index contributed by atoms with van der Waals surface area (Å²) in [6, 6.07) is 0. The molecule has 4 N–H and O–H groups in total. The van der Waals surface area contributed by atoms with E-state index in [1.54, 1.807) is 0 Å². The van der Waals surface area contributed by atoms with Gasteiger partial charge in [0.05, 0.1) is 6.61 Å². The fourth-order valence-corrected chi connectivity index (χ4v) is 0.231. The normalized spacial score (nSPS) is 7.75. The molecular formula is C9H22N2O3S2. The number of carbonyl (C=O) groups is 1. The van der Waals surface area contributed by atoms with Crippen LogP contribution in [0.3, 0.4) is 0 Å². The second-order valence-electron chi connectivity index (χ2n) is 2.56. The summed E-state index contributed by atoms with van der Waals surface area (Å²) in [5, 5.41) is -0.710. The first-order valence-electron chi connectivity index (χ1n) is 4.99. The van der Waals surface area contributed by atoms with Gasteiger partial charge in [-0.1, -0.05) is 46.2 Å². The van der Waals surface area contributed by atoms with Gasteiger partial charge in [0, 0.05) is 0 Å². The summed E-state index contributed by atoms with van der Waals surface area (Å²) in [5.74, 6) is 0. The number of nitrogens with two attached hydrogens (primary N) is 2. The topological polar surface area (TPSA) is 87.6 Å². The molecule has 5 nitrogen and oxygen atoms in total. The third-order valence-corrected chi connectivity index (χ3v) is 0.997. The van der Waals surface area contributed by atoms with Crippen LogP contribution in [0.15, 0.2) is 0 Å². The van der Waals surface area contributed by atoms with Gasteiger partial charge in [-0.25, -0.2) is 0 Å². The molecular weight excluding hydrogens is 248 g/mol. The monoisotopic (exact) mass is 270 g/mol. The first-order chi connectivity index (χ1) is 7.42. The van der Waals surface area contributed by atoms with Crippen LogP contribution in [0.5, 0.6) is 0 Å². The summed E-state index contributed by atoms with van der Waals surface area (Å²) in [6.45, 7) is 6.85. The maximum atomic E-state index is 9.09. The minimum atomic E-state index is -0.639. The van der Waals surface area contributed by atoms with Crippen molar-refractivity contribution < 1.29 is 14.6 Å². The minimum absolute atomic E-state index is 0.0709. The molecule has 0 saturated carbocycles. The Morgan fingerprint density at radius 1 is 1.19 bits per heavy atom. The van der Waals surface area contributed by atoms with Crippen LogP contribution in [-0.4, -0.2) is 17.0 Å². The molecule has 0 aromatic rings. The van der Waals surface area contributed by atoms with E-state index >= 15 is 0 Å². The van der Waals surface area contributed by atoms with E-state index in [4.69, 9.17) is 10.5 Å². The Labute approximate surface area is 108 Å². The lowest BCUT2D eigenvalue weighted by Gasteiger charge is -1.97. The Bertz CT molecular complexity index is 163. The number of thiocarbonyl (C=S) groups is 1. The SMILES string of the molecule is CCCC.CCCOOC(N)=S.NC(=O)S. The molecule has 0 unspecified atom stereocenters. The predicted octanol–water partition coefficient (Wildman–Crippen LogP) is 2.39. The van der Waals surface area contributed by atoms with Crippen LogP contribution in [0.2, 0.25) is 0 Å². The zero-order valence-corrected chi connectivity index (χ0v) is 11.8. The maximum Gasteiger partial charge on any atom is 0.294 e. The van der Waals surface area contributed by atoms with Gasteiger partial charge < -0.3 is 16.4 Å². The highest BCUT2D eigenvalue weighted by Gasteiger charge is 1.85. The molecule has 0 bridgehead atoms. The van der Waals surface area contributed by atoms with Crippen molar-refractivity contribution >= 4 is 35.3 Å². The lowest BCUT2D eigenvalue weighted by atomic mass is 10.4. The van der Waals surface area contributed by atoms with Gasteiger partial charge in [-0.3, -0.25) is 4.79 Å². The van der Waals surface area contributed by atoms with Crippen molar-refractivity contribution in [3.63, 3.8) is 0 Å². The van der Waals surface area contributed by atoms with Gasteiger partial charge in [0.15, 0.2) is 0 Å². The van der Waals surface area contributed by atoms with Gasteiger partial charge >= 0.3 is 0 Å². The molecule has 0 spiro atoms. The molecule has 0 radical (unpaired) electrons. The Morgan fingerprint density at radius 2 is 1.56 bits per heavy atom. The number of hydrogen-bond donors (Lipinski definition) is 3. The van der Waals surface area contributed by atoms with Gasteiger partial charge in [-0.15, -0.1) is 0 Å². The highest BCUT2D eigenvalue weighted by molar-refractivity contribution is 7.96. The number of thiol groups is 1. The standard InChI is InChI=1S/C4H9NO2S.C4H10.CH3NOS/c1-2-3-6-7-4(5)8;1-3-4-2;2-1(3)4/h2-3H2,1H3,(H2,5,8);3-4H2,1-2H3;(H3,2,3,4). The number of rotatable bonds is 4. The maximum absolute atomic E-state index is 9.09. The van der Waals surface area contributed by atoms with Crippen molar-refractivity contribution in [1.82, 2.24) is 0 Å². The quantitative estimate of drug-likeness (QED) is 0.240. The van der Waals surface area contributed by atoms with Crippen LogP contribution in [0.1, 0.15) is 40.0 Å². The van der Waals surface area contributed by atoms with Crippen LogP contribution >= 0.6 is 24.8 Å². The molecule has 7 heteroatoms. The second kappa shape index (κ2) is 20.0. The van der Waals surface area contributed by atoms with Crippen molar-refractivity contribution in [2.45, 2.75) is 40.0 Å². The zero-order chi connectivity index (χ0) is 13.4. The molecule has 0 heterocycles. The summed E-state index contributed by atoms with van der Waals surface area (Å²) in [4.78, 5) is 17.9. The lowest BCUT2D eigenvalue weighted by molar-refractivity contribution is -0.220. The van der Waals surface area contributed by atoms with Crippen molar-refractivity contribution in [3.8, 4) is 0 Å². The molecule has 0 saturated heterocycles. The van der Waals surface area contributed by atoms with Crippen LogP contribution in [0.4, 0.5) is 4.79 Å². The summed E-state index contributed by atoms with van der Waals surface area (Å²) < 4.78 is 0. The van der Waals surface area contributed by atoms with Crippen LogP contribution < -0.4 is 11.5 Å². The van der Waals surface area contributed by atoms with E-state index in [1.165, 1.54) is 12.8 Å². The Kier molecular flexibility index (Phi) is 26.0. The zero-order valence-electron chi connectivity index (χ0n) is 10.1. The van der Waals surface area contributed by atoms with Gasteiger partial charge in [-0.2, -0.15) is 4.89 Å². The second-order valence-corrected chi connectivity index (χ2v) is 3.41. The van der Waals surface area contributed by atoms with Crippen molar-refractivity contribution in [1.29, 1.82) is 0 Å². The predicted molar refractivity (Wildman–Crippen MR) is 73.3 cm³/mol. The molecule has 16 heavy (non-hydrogen) atoms. The van der Waals surface area contributed by atoms with E-state index in [0.29, 0.717) is 6.61 Å². The van der Waals surface area contributed by atoms with Crippen molar-refractivity contribution in [2.24, 2.45) is 11.5 Å². The average molecular weight is 270 g/mol. The van der Waals surface area contributed by atoms with E-state index in [9.17, 15) is 0 Å². The first-order valence-corrected chi connectivity index (χ1v) is 5.85. The van der Waals surface area contributed by atoms with Crippen LogP contribution in [-0.2, 0) is 9.78 Å². The molecule has 98 valence electrons. The number of unbranched alkanes of at least 4 members (excludes halogenated alkanes) is 1. The molecule has 1 amide bonds. The summed E-state index contributed by atoms with van der Waals surface area (Å²) in [6.07, 6.45) is 3.53. The molecule has 0 aromatic heterocycles. The van der Waals surface area contributed by atoms with Crippen molar-refractivity contribution in [2.75, 3.05) is 6.61 Å². The summed E-state index contributed by atoms with van der Waals surface area (Å²) >= 11 is 7.44. The summed E-state index contributed by atoms with van der Waals surface area (Å²) in [7, 11) is 0. The molecule has 0 rings (SSSR count). The molecule has 0 aliphatic heterocycles. The van der Waals surface area contributed by atoms with Gasteiger partial charge in [0.25, 0.3) is 10.4 Å². The van der Waals surface area contributed by atoms with E-state index in [1.807, 2.05) is 6.92 Å². The Hall–Kier alpha value is -0.530. The van der Waals surface area contributed by atoms with E-state index in [-0.39, 0.29) is 5.17 Å². The highest BCUT2D eigenvalue weighted by Crippen LogP contribution is 1.80. The number of primary amides is 1. The summed E-state index contributed by atoms with van der Waals surface area (Å²) in [5.41, 5.74) is 9.25. The smallest absolute Gasteiger partial charge is 0.294 e. The molecule has 0 fully saturated rings. The van der Waals surface area contributed by atoms with E-state index in [0.717, 1.165) is 6.42 Å². The number of amides is 1. The van der Waals surface area contributed by atoms with E-state index < -0.39 is 5.24 Å². The lowest BCUT2D eigenvalue weighted by Crippen LogP contribution is -2.13. The average Bonchev–Trinajstić information content (AvgIpc) is 2.17. The third-order valence-electron chi connectivity index (χ3n) is 0.929. The molecule has 0 aliphatic carbocycles. The van der Waals surface area contributed by atoms with Crippen molar-refractivity contribution in [3.05, 3.63) is 0 Å². The fourth-order valence-electron chi connectivity index (χ4n) is 0.183. The number of carbonyl (C=O) groups excluding carboxylic acids is 1. The van der Waals surface area contributed by atoms with Crippen LogP contribution in [0.25, 0.3) is 0 Å². The molecule has 0 atom stereocenters. The minimum Gasteiger partial charge on any atom is -0.361 e. The Balaban J connectivity index is -0.000000179. The van der Waals surface area contributed by atoms with Gasteiger partial charge in [0.1, 0.15) is 0 Å². The third kappa shape index (κ3) is 70.0. The van der Waals surface area contributed by atoms with Gasteiger partial charge in [-0.05, 0) is 18.6 Å². The number of hydrogen-bond acceptors (Lipinski definition) is 4. The first kappa shape index (κ1) is 20.8. The van der Waals surface area contributed by atoms with Crippen LogP contribution in [0, 0.1) is 0 Å². The van der Waals surface area contributed by atoms with Gasteiger partial charge in [0.2, 0.25) is 0 Å².